The van der Waals surface area contributed by atoms with E-state index in [9.17, 15) is 5.26 Å². The van der Waals surface area contributed by atoms with Gasteiger partial charge in [0.25, 0.3) is 0 Å². The number of rotatable bonds is 9. The number of unbranched alkanes of at least 4 members (excludes halogenated alkanes) is 1. The van der Waals surface area contributed by atoms with Crippen molar-refractivity contribution in [3.63, 3.8) is 0 Å². The van der Waals surface area contributed by atoms with Crippen LogP contribution in [0.5, 0.6) is 0 Å². The van der Waals surface area contributed by atoms with E-state index in [-0.39, 0.29) is 0 Å². The van der Waals surface area contributed by atoms with Crippen LogP contribution in [-0.2, 0) is 13.0 Å². The van der Waals surface area contributed by atoms with Gasteiger partial charge in [-0.1, -0.05) is 56.3 Å². The first-order valence-corrected chi connectivity index (χ1v) is 11.3. The molecule has 1 atom stereocenters. The molecule has 0 bridgehead atoms. The van der Waals surface area contributed by atoms with Gasteiger partial charge in [0.2, 0.25) is 0 Å². The predicted molar refractivity (Wildman–Crippen MR) is 130 cm³/mol. The number of nitrogens with one attached hydrogen (secondary N) is 1. The summed E-state index contributed by atoms with van der Waals surface area (Å²) < 4.78 is 0. The van der Waals surface area contributed by atoms with E-state index in [1.165, 1.54) is 29.7 Å². The van der Waals surface area contributed by atoms with Crippen molar-refractivity contribution in [2.75, 3.05) is 24.5 Å². The molecule has 0 saturated heterocycles. The van der Waals surface area contributed by atoms with Crippen LogP contribution in [-0.4, -0.2) is 30.6 Å². The number of nitrogens with zero attached hydrogens (tertiary/aromatic N) is 3. The molecule has 0 aromatic heterocycles. The Hall–Kier alpha value is -3.03. The second-order valence-corrected chi connectivity index (χ2v) is 8.17. The molecule has 3 rings (SSSR count). The number of allylic oxidation sites excluding steroid dienone is 1. The summed E-state index contributed by atoms with van der Waals surface area (Å²) in [7, 11) is 0. The van der Waals surface area contributed by atoms with Crippen molar-refractivity contribution in [1.29, 1.82) is 5.26 Å². The lowest BCUT2D eigenvalue weighted by molar-refractivity contribution is 0.191. The quantitative estimate of drug-likeness (QED) is 0.610. The standard InChI is InChI=1S/C27H34N4/c1-4-7-15-30-19-24-16-23(18-28)13-14-27(24)31(20-25(5-2)29-6-3)21-26(30)17-22-11-9-8-10-12-22/h5-6,8-14,16,26,29H,3-4,7,15,17,19-21H2,1-2H3/b25-5-/t26-/m1/s1. The molecule has 1 aliphatic heterocycles. The minimum Gasteiger partial charge on any atom is -0.364 e. The van der Waals surface area contributed by atoms with Crippen LogP contribution < -0.4 is 10.2 Å². The van der Waals surface area contributed by atoms with Crippen LogP contribution in [0, 0.1) is 11.3 Å². The highest BCUT2D eigenvalue weighted by Crippen LogP contribution is 2.30. The Morgan fingerprint density at radius 3 is 2.74 bits per heavy atom. The summed E-state index contributed by atoms with van der Waals surface area (Å²) in [4.78, 5) is 5.08. The van der Waals surface area contributed by atoms with Gasteiger partial charge in [0.1, 0.15) is 0 Å². The zero-order valence-corrected chi connectivity index (χ0v) is 18.8. The summed E-state index contributed by atoms with van der Waals surface area (Å²) in [6.07, 6.45) is 7.21. The van der Waals surface area contributed by atoms with Crippen LogP contribution in [0.1, 0.15) is 43.4 Å². The first-order chi connectivity index (χ1) is 15.2. The molecule has 2 aromatic rings. The number of hydrogen-bond acceptors (Lipinski definition) is 4. The Morgan fingerprint density at radius 1 is 1.26 bits per heavy atom. The van der Waals surface area contributed by atoms with E-state index in [0.29, 0.717) is 6.04 Å². The van der Waals surface area contributed by atoms with E-state index >= 15 is 0 Å². The van der Waals surface area contributed by atoms with Gasteiger partial charge in [-0.15, -0.1) is 0 Å². The molecule has 1 heterocycles. The van der Waals surface area contributed by atoms with Gasteiger partial charge in [-0.3, -0.25) is 4.90 Å². The van der Waals surface area contributed by atoms with Gasteiger partial charge in [-0.25, -0.2) is 0 Å². The molecule has 31 heavy (non-hydrogen) atoms. The molecule has 4 heteroatoms. The molecule has 0 spiro atoms. The molecule has 0 unspecified atom stereocenters. The lowest BCUT2D eigenvalue weighted by Crippen LogP contribution is -2.44. The number of anilines is 1. The summed E-state index contributed by atoms with van der Waals surface area (Å²) in [5, 5.41) is 12.8. The minimum atomic E-state index is 0.397. The molecule has 1 N–H and O–H groups in total. The van der Waals surface area contributed by atoms with Crippen molar-refractivity contribution in [3.8, 4) is 6.07 Å². The monoisotopic (exact) mass is 414 g/mol. The smallest absolute Gasteiger partial charge is 0.0991 e. The van der Waals surface area contributed by atoms with Gasteiger partial charge in [0.05, 0.1) is 18.2 Å². The maximum atomic E-state index is 9.48. The molecule has 1 aliphatic rings. The fourth-order valence-electron chi connectivity index (χ4n) is 4.32. The number of hydrogen-bond donors (Lipinski definition) is 1. The van der Waals surface area contributed by atoms with E-state index in [1.807, 2.05) is 6.07 Å². The molecular formula is C27H34N4. The van der Waals surface area contributed by atoms with Crippen LogP contribution in [0.3, 0.4) is 0 Å². The summed E-state index contributed by atoms with van der Waals surface area (Å²) in [5.41, 5.74) is 5.69. The zero-order chi connectivity index (χ0) is 22.1. The fourth-order valence-corrected chi connectivity index (χ4v) is 4.32. The van der Waals surface area contributed by atoms with Crippen molar-refractivity contribution in [2.24, 2.45) is 0 Å². The Labute approximate surface area is 187 Å². The molecule has 0 radical (unpaired) electrons. The van der Waals surface area contributed by atoms with E-state index < -0.39 is 0 Å². The topological polar surface area (TPSA) is 42.3 Å². The SMILES string of the molecule is C=CN/C(=C\C)CN1C[C@@H](Cc2ccccc2)N(CCCC)Cc2cc(C#N)ccc21. The van der Waals surface area contributed by atoms with Crippen molar-refractivity contribution >= 4 is 5.69 Å². The van der Waals surface area contributed by atoms with Gasteiger partial charge < -0.3 is 10.2 Å². The molecule has 0 aliphatic carbocycles. The largest absolute Gasteiger partial charge is 0.364 e. The van der Waals surface area contributed by atoms with Crippen LogP contribution in [0.2, 0.25) is 0 Å². The summed E-state index contributed by atoms with van der Waals surface area (Å²) in [6.45, 7) is 11.8. The number of benzene rings is 2. The van der Waals surface area contributed by atoms with Crippen molar-refractivity contribution in [3.05, 3.63) is 89.8 Å². The molecule has 2 aromatic carbocycles. The summed E-state index contributed by atoms with van der Waals surface area (Å²) >= 11 is 0. The van der Waals surface area contributed by atoms with Gasteiger partial charge in [0, 0.05) is 30.5 Å². The average Bonchev–Trinajstić information content (AvgIpc) is 2.94. The summed E-state index contributed by atoms with van der Waals surface area (Å²) in [5.74, 6) is 0. The molecule has 162 valence electrons. The van der Waals surface area contributed by atoms with Crippen LogP contribution in [0.4, 0.5) is 5.69 Å². The van der Waals surface area contributed by atoms with E-state index in [2.05, 4.69) is 90.2 Å². The average molecular weight is 415 g/mol. The number of fused-ring (bicyclic) bond motifs is 1. The highest BCUT2D eigenvalue weighted by molar-refractivity contribution is 5.58. The normalized spacial score (nSPS) is 16.9. The highest BCUT2D eigenvalue weighted by atomic mass is 15.2. The van der Waals surface area contributed by atoms with Crippen molar-refractivity contribution in [1.82, 2.24) is 10.2 Å². The predicted octanol–water partition coefficient (Wildman–Crippen LogP) is 5.23. The Balaban J connectivity index is 1.98. The third-order valence-electron chi connectivity index (χ3n) is 5.98. The van der Waals surface area contributed by atoms with Crippen LogP contribution in [0.15, 0.2) is 73.1 Å². The summed E-state index contributed by atoms with van der Waals surface area (Å²) in [6, 6.07) is 19.6. The third kappa shape index (κ3) is 5.99. The van der Waals surface area contributed by atoms with Crippen LogP contribution >= 0.6 is 0 Å². The fraction of sp³-hybridized carbons (Fsp3) is 0.370. The molecule has 0 amide bonds. The second kappa shape index (κ2) is 11.4. The second-order valence-electron chi connectivity index (χ2n) is 8.17. The number of nitriles is 1. The van der Waals surface area contributed by atoms with Crippen molar-refractivity contribution < 1.29 is 0 Å². The zero-order valence-electron chi connectivity index (χ0n) is 18.8. The van der Waals surface area contributed by atoms with Crippen molar-refractivity contribution in [2.45, 2.75) is 45.7 Å². The van der Waals surface area contributed by atoms with Gasteiger partial charge in [0.15, 0.2) is 0 Å². The lowest BCUT2D eigenvalue weighted by Gasteiger charge is -2.33. The maximum absolute atomic E-state index is 9.48. The molecule has 4 nitrogen and oxygen atoms in total. The Bertz CT molecular complexity index is 926. The van der Waals surface area contributed by atoms with E-state index in [1.54, 1.807) is 6.20 Å². The van der Waals surface area contributed by atoms with Crippen LogP contribution in [0.25, 0.3) is 0 Å². The minimum absolute atomic E-state index is 0.397. The third-order valence-corrected chi connectivity index (χ3v) is 5.98. The highest BCUT2D eigenvalue weighted by Gasteiger charge is 2.28. The molecular weight excluding hydrogens is 380 g/mol. The molecule has 0 saturated carbocycles. The lowest BCUT2D eigenvalue weighted by atomic mass is 10.0. The first-order valence-electron chi connectivity index (χ1n) is 11.3. The Kier molecular flexibility index (Phi) is 8.32. The molecule has 0 fully saturated rings. The van der Waals surface area contributed by atoms with E-state index in [0.717, 1.165) is 43.9 Å². The Morgan fingerprint density at radius 2 is 2.06 bits per heavy atom. The first kappa shape index (κ1) is 22.7. The van der Waals surface area contributed by atoms with E-state index in [4.69, 9.17) is 0 Å². The van der Waals surface area contributed by atoms with Gasteiger partial charge in [-0.2, -0.15) is 5.26 Å². The maximum Gasteiger partial charge on any atom is 0.0991 e. The van der Waals surface area contributed by atoms with Gasteiger partial charge in [-0.05, 0) is 61.8 Å². The van der Waals surface area contributed by atoms with Gasteiger partial charge >= 0.3 is 0 Å².